The average Bonchev–Trinajstić information content (AvgIpc) is 2.42. The van der Waals surface area contributed by atoms with Gasteiger partial charge in [-0.3, -0.25) is 9.59 Å². The quantitative estimate of drug-likeness (QED) is 0.691. The van der Waals surface area contributed by atoms with E-state index in [9.17, 15) is 9.59 Å². The van der Waals surface area contributed by atoms with Gasteiger partial charge in [-0.15, -0.1) is 0 Å². The maximum Gasteiger partial charge on any atom is 0.225 e. The topological polar surface area (TPSA) is 66.6 Å². The number of carbonyl (C=O) groups excluding carboxylic acids is 2. The fraction of sp³-hybridized carbons (Fsp3) is 0.857. The van der Waals surface area contributed by atoms with Crippen molar-refractivity contribution in [3.05, 3.63) is 0 Å². The number of nitrogens with two attached hydrogens (primary N) is 1. The van der Waals surface area contributed by atoms with Crippen molar-refractivity contribution in [3.8, 4) is 0 Å². The molecule has 0 radical (unpaired) electrons. The number of nitrogens with zero attached hydrogens (tertiary/aromatic N) is 2. The molecule has 1 aliphatic rings. The second-order valence-electron chi connectivity index (χ2n) is 5.72. The van der Waals surface area contributed by atoms with E-state index in [0.717, 1.165) is 25.7 Å². The zero-order valence-corrected chi connectivity index (χ0v) is 12.2. The van der Waals surface area contributed by atoms with Gasteiger partial charge in [0.2, 0.25) is 12.3 Å². The van der Waals surface area contributed by atoms with Gasteiger partial charge in [0.05, 0.1) is 0 Å². The molecule has 0 bridgehead atoms. The van der Waals surface area contributed by atoms with Crippen molar-refractivity contribution in [3.63, 3.8) is 0 Å². The van der Waals surface area contributed by atoms with Crippen molar-refractivity contribution >= 4 is 12.3 Å². The minimum atomic E-state index is 0.0892. The van der Waals surface area contributed by atoms with E-state index in [4.69, 9.17) is 5.73 Å². The Morgan fingerprint density at radius 2 is 1.89 bits per heavy atom. The highest BCUT2D eigenvalue weighted by Crippen LogP contribution is 2.20. The van der Waals surface area contributed by atoms with Crippen molar-refractivity contribution in [1.82, 2.24) is 9.80 Å². The molecule has 2 amide bonds. The molecule has 19 heavy (non-hydrogen) atoms. The lowest BCUT2D eigenvalue weighted by atomic mass is 9.91. The molecule has 1 heterocycles. The van der Waals surface area contributed by atoms with Crippen molar-refractivity contribution in [2.24, 2.45) is 17.6 Å². The number of hydrogen-bond acceptors (Lipinski definition) is 3. The number of piperazine rings is 1. The summed E-state index contributed by atoms with van der Waals surface area (Å²) in [5, 5.41) is 0. The molecule has 5 nitrogen and oxygen atoms in total. The van der Waals surface area contributed by atoms with E-state index < -0.39 is 0 Å². The molecule has 110 valence electrons. The molecule has 1 atom stereocenters. The first-order valence-electron chi connectivity index (χ1n) is 7.26. The maximum absolute atomic E-state index is 12.5. The number of rotatable bonds is 7. The van der Waals surface area contributed by atoms with Gasteiger partial charge < -0.3 is 15.5 Å². The van der Waals surface area contributed by atoms with Crippen LogP contribution in [0.3, 0.4) is 0 Å². The highest BCUT2D eigenvalue weighted by atomic mass is 16.2. The lowest BCUT2D eigenvalue weighted by molar-refractivity contribution is -0.139. The van der Waals surface area contributed by atoms with Crippen LogP contribution >= 0.6 is 0 Å². The molecule has 1 unspecified atom stereocenters. The normalized spacial score (nSPS) is 17.7. The summed E-state index contributed by atoms with van der Waals surface area (Å²) in [7, 11) is 0. The molecule has 1 saturated heterocycles. The number of hydrogen-bond donors (Lipinski definition) is 1. The van der Waals surface area contributed by atoms with Gasteiger partial charge in [-0.25, -0.2) is 0 Å². The molecule has 1 aliphatic heterocycles. The Labute approximate surface area is 116 Å². The van der Waals surface area contributed by atoms with Crippen LogP contribution in [0.2, 0.25) is 0 Å². The highest BCUT2D eigenvalue weighted by Gasteiger charge is 2.27. The largest absolute Gasteiger partial charge is 0.342 e. The molecule has 1 rings (SSSR count). The SMILES string of the molecule is CC(C)CC(CCCN)C(=O)N1CCN(C=O)CC1. The van der Waals surface area contributed by atoms with Crippen molar-refractivity contribution in [2.75, 3.05) is 32.7 Å². The van der Waals surface area contributed by atoms with Gasteiger partial charge in [0.25, 0.3) is 0 Å². The number of carbonyl (C=O) groups is 2. The molecule has 0 saturated carbocycles. The summed E-state index contributed by atoms with van der Waals surface area (Å²) >= 11 is 0. The third kappa shape index (κ3) is 5.19. The smallest absolute Gasteiger partial charge is 0.225 e. The van der Waals surface area contributed by atoms with E-state index in [2.05, 4.69) is 13.8 Å². The fourth-order valence-corrected chi connectivity index (χ4v) is 2.58. The summed E-state index contributed by atoms with van der Waals surface area (Å²) in [6.07, 6.45) is 3.56. The summed E-state index contributed by atoms with van der Waals surface area (Å²) in [6.45, 7) is 7.56. The van der Waals surface area contributed by atoms with Gasteiger partial charge >= 0.3 is 0 Å². The van der Waals surface area contributed by atoms with Gasteiger partial charge in [0, 0.05) is 32.1 Å². The lowest BCUT2D eigenvalue weighted by Gasteiger charge is -2.35. The van der Waals surface area contributed by atoms with Crippen LogP contribution in [0.25, 0.3) is 0 Å². The molecule has 0 aromatic rings. The third-order valence-electron chi connectivity index (χ3n) is 3.64. The Bertz CT molecular complexity index is 286. The van der Waals surface area contributed by atoms with Crippen LogP contribution in [-0.4, -0.2) is 54.8 Å². The van der Waals surface area contributed by atoms with E-state index in [1.54, 1.807) is 4.90 Å². The average molecular weight is 269 g/mol. The van der Waals surface area contributed by atoms with Crippen molar-refractivity contribution < 1.29 is 9.59 Å². The Balaban J connectivity index is 2.52. The molecule has 0 aromatic carbocycles. The molecule has 2 N–H and O–H groups in total. The summed E-state index contributed by atoms with van der Waals surface area (Å²) in [5.74, 6) is 0.849. The molecular weight excluding hydrogens is 242 g/mol. The second-order valence-corrected chi connectivity index (χ2v) is 5.72. The van der Waals surface area contributed by atoms with Gasteiger partial charge in [-0.2, -0.15) is 0 Å². The summed E-state index contributed by atoms with van der Waals surface area (Å²) in [5.41, 5.74) is 5.55. The predicted octanol–water partition coefficient (Wildman–Crippen LogP) is 0.688. The highest BCUT2D eigenvalue weighted by molar-refractivity contribution is 5.79. The minimum absolute atomic E-state index is 0.0892. The van der Waals surface area contributed by atoms with Crippen LogP contribution < -0.4 is 5.73 Å². The fourth-order valence-electron chi connectivity index (χ4n) is 2.58. The summed E-state index contributed by atoms with van der Waals surface area (Å²) in [4.78, 5) is 26.8. The Hall–Kier alpha value is -1.10. The zero-order chi connectivity index (χ0) is 14.3. The summed E-state index contributed by atoms with van der Waals surface area (Å²) in [6, 6.07) is 0. The van der Waals surface area contributed by atoms with Crippen molar-refractivity contribution in [1.29, 1.82) is 0 Å². The predicted molar refractivity (Wildman–Crippen MR) is 75.5 cm³/mol. The minimum Gasteiger partial charge on any atom is -0.342 e. The Kier molecular flexibility index (Phi) is 6.84. The van der Waals surface area contributed by atoms with Gasteiger partial charge in [-0.05, 0) is 31.7 Å². The van der Waals surface area contributed by atoms with Crippen LogP contribution in [0.4, 0.5) is 0 Å². The maximum atomic E-state index is 12.5. The molecule has 0 aliphatic carbocycles. The van der Waals surface area contributed by atoms with Crippen LogP contribution in [-0.2, 0) is 9.59 Å². The molecular formula is C14H27N3O2. The van der Waals surface area contributed by atoms with Crippen LogP contribution in [0.5, 0.6) is 0 Å². The molecule has 5 heteroatoms. The second kappa shape index (κ2) is 8.15. The van der Waals surface area contributed by atoms with E-state index in [0.29, 0.717) is 38.6 Å². The standard InChI is InChI=1S/C14H27N3O2/c1-12(2)10-13(4-3-5-15)14(19)17-8-6-16(11-18)7-9-17/h11-13H,3-10,15H2,1-2H3. The van der Waals surface area contributed by atoms with Crippen molar-refractivity contribution in [2.45, 2.75) is 33.1 Å². The molecule has 0 spiro atoms. The van der Waals surface area contributed by atoms with E-state index >= 15 is 0 Å². The third-order valence-corrected chi connectivity index (χ3v) is 3.64. The first-order chi connectivity index (χ1) is 9.08. The van der Waals surface area contributed by atoms with Crippen LogP contribution in [0.1, 0.15) is 33.1 Å². The van der Waals surface area contributed by atoms with Crippen LogP contribution in [0.15, 0.2) is 0 Å². The summed E-state index contributed by atoms with van der Waals surface area (Å²) < 4.78 is 0. The van der Waals surface area contributed by atoms with E-state index in [1.807, 2.05) is 4.90 Å². The van der Waals surface area contributed by atoms with E-state index in [-0.39, 0.29) is 11.8 Å². The lowest BCUT2D eigenvalue weighted by Crippen LogP contribution is -2.50. The van der Waals surface area contributed by atoms with Gasteiger partial charge in [0.15, 0.2) is 0 Å². The van der Waals surface area contributed by atoms with Crippen LogP contribution in [0, 0.1) is 11.8 Å². The monoisotopic (exact) mass is 269 g/mol. The number of amides is 2. The Morgan fingerprint density at radius 1 is 1.26 bits per heavy atom. The van der Waals surface area contributed by atoms with Gasteiger partial charge in [0.1, 0.15) is 0 Å². The molecule has 0 aromatic heterocycles. The first kappa shape index (κ1) is 16.0. The van der Waals surface area contributed by atoms with Gasteiger partial charge in [-0.1, -0.05) is 13.8 Å². The first-order valence-corrected chi connectivity index (χ1v) is 7.26. The molecule has 1 fully saturated rings. The Morgan fingerprint density at radius 3 is 2.37 bits per heavy atom. The van der Waals surface area contributed by atoms with E-state index in [1.165, 1.54) is 0 Å². The zero-order valence-electron chi connectivity index (χ0n) is 12.2.